The molecule has 0 aliphatic heterocycles. The quantitative estimate of drug-likeness (QED) is 0.0692. The van der Waals surface area contributed by atoms with Gasteiger partial charge in [-0.3, -0.25) is 0 Å². The first-order valence-electron chi connectivity index (χ1n) is 14.4. The number of carbonyl (C=O) groups is 7. The molecule has 15 heteroatoms. The molecule has 48 heavy (non-hydrogen) atoms. The van der Waals surface area contributed by atoms with Crippen LogP contribution in [0.15, 0.2) is 74.9 Å². The summed E-state index contributed by atoms with van der Waals surface area (Å²) in [7, 11) is 0. The van der Waals surface area contributed by atoms with Crippen molar-refractivity contribution in [2.24, 2.45) is 0 Å². The van der Waals surface area contributed by atoms with Gasteiger partial charge in [0.15, 0.2) is 0 Å². The minimum Gasteiger partial charge on any atom is -0.463 e. The Morgan fingerprint density at radius 3 is 0.917 bits per heavy atom. The summed E-state index contributed by atoms with van der Waals surface area (Å²) in [6, 6.07) is 0. The molecule has 0 fully saturated rings. The SMILES string of the molecule is C=C(C)C(=O)OCCOC(=O)C(=C)C.C=CC(=O)OCCCCCCOC(=O)C=C.C=CC(=O)OCCOC(=O)OCCOC(=O)C=C. The van der Waals surface area contributed by atoms with Gasteiger partial charge >= 0.3 is 42.0 Å². The second-order valence-electron chi connectivity index (χ2n) is 8.68. The Morgan fingerprint density at radius 2 is 0.646 bits per heavy atom. The largest absolute Gasteiger partial charge is 0.508 e. The second-order valence-corrected chi connectivity index (χ2v) is 8.68. The lowest BCUT2D eigenvalue weighted by molar-refractivity contribution is -0.147. The van der Waals surface area contributed by atoms with E-state index in [9.17, 15) is 33.6 Å². The van der Waals surface area contributed by atoms with Crippen LogP contribution in [0.3, 0.4) is 0 Å². The van der Waals surface area contributed by atoms with Crippen LogP contribution >= 0.6 is 0 Å². The Morgan fingerprint density at radius 1 is 0.396 bits per heavy atom. The first kappa shape index (κ1) is 46.9. The highest BCUT2D eigenvalue weighted by Crippen LogP contribution is 2.01. The zero-order valence-corrected chi connectivity index (χ0v) is 27.7. The number of unbranched alkanes of at least 4 members (excludes halogenated alkanes) is 3. The fraction of sp³-hybridized carbons (Fsp3) is 0.424. The van der Waals surface area contributed by atoms with Gasteiger partial charge in [-0.1, -0.05) is 39.5 Å². The molecule has 0 aliphatic rings. The van der Waals surface area contributed by atoms with Crippen molar-refractivity contribution in [3.63, 3.8) is 0 Å². The monoisotopic (exact) mass is 682 g/mol. The van der Waals surface area contributed by atoms with Crippen molar-refractivity contribution < 1.29 is 71.5 Å². The number of ether oxygens (including phenoxy) is 8. The van der Waals surface area contributed by atoms with Gasteiger partial charge < -0.3 is 37.9 Å². The normalized spacial score (nSPS) is 9.04. The van der Waals surface area contributed by atoms with E-state index in [2.05, 4.69) is 67.9 Å². The third kappa shape index (κ3) is 35.0. The van der Waals surface area contributed by atoms with Crippen LogP contribution in [0.4, 0.5) is 4.79 Å². The lowest BCUT2D eigenvalue weighted by Gasteiger charge is -2.06. The van der Waals surface area contributed by atoms with Crippen LogP contribution in [-0.2, 0) is 66.7 Å². The molecule has 0 aromatic heterocycles. The average Bonchev–Trinajstić information content (AvgIpc) is 3.07. The Balaban J connectivity index is -0.000000638. The first-order chi connectivity index (χ1) is 22.7. The summed E-state index contributed by atoms with van der Waals surface area (Å²) in [4.78, 5) is 75.1. The minimum atomic E-state index is -0.945. The van der Waals surface area contributed by atoms with Gasteiger partial charge in [0.05, 0.1) is 13.2 Å². The highest BCUT2D eigenvalue weighted by atomic mass is 16.7. The van der Waals surface area contributed by atoms with Gasteiger partial charge in [-0.05, 0) is 39.5 Å². The molecule has 0 atom stereocenters. The molecule has 0 rings (SSSR count). The summed E-state index contributed by atoms with van der Waals surface area (Å²) < 4.78 is 37.1. The van der Waals surface area contributed by atoms with Crippen molar-refractivity contribution >= 4 is 42.0 Å². The average molecular weight is 683 g/mol. The molecule has 0 bridgehead atoms. The predicted molar refractivity (Wildman–Crippen MR) is 172 cm³/mol. The van der Waals surface area contributed by atoms with Gasteiger partial charge in [0, 0.05) is 35.5 Å². The van der Waals surface area contributed by atoms with Crippen LogP contribution in [0.5, 0.6) is 0 Å². The summed E-state index contributed by atoms with van der Waals surface area (Å²) in [5.74, 6) is -2.97. The Kier molecular flexibility index (Phi) is 32.2. The Bertz CT molecular complexity index is 1020. The smallest absolute Gasteiger partial charge is 0.463 e. The number of rotatable bonds is 22. The molecule has 0 spiro atoms. The van der Waals surface area contributed by atoms with Gasteiger partial charge in [-0.25, -0.2) is 33.6 Å². The standard InChI is InChI=1S/C12H18O4.C11H14O7.C10H14O4/c1-3-11(13)15-9-7-5-6-8-10-16-12(14)4-2;1-3-9(12)15-5-7-17-11(14)18-8-6-16-10(13)4-2;1-7(2)9(11)13-5-6-14-10(12)8(3)4/h3-4H,1-2,5-10H2;3-4H,1-2,5-8H2;1,3,5-6H2,2,4H3. The molecule has 0 amide bonds. The van der Waals surface area contributed by atoms with Gasteiger partial charge in [0.1, 0.15) is 39.6 Å². The zero-order valence-electron chi connectivity index (χ0n) is 27.7. The van der Waals surface area contributed by atoms with Crippen molar-refractivity contribution in [1.29, 1.82) is 0 Å². The van der Waals surface area contributed by atoms with Crippen molar-refractivity contribution in [2.45, 2.75) is 39.5 Å². The van der Waals surface area contributed by atoms with E-state index in [1.54, 1.807) is 13.8 Å². The van der Waals surface area contributed by atoms with Gasteiger partial charge in [0.25, 0.3) is 0 Å². The molecular formula is C33H46O15. The van der Waals surface area contributed by atoms with Crippen molar-refractivity contribution in [3.05, 3.63) is 74.9 Å². The molecule has 0 N–H and O–H groups in total. The molecule has 15 nitrogen and oxygen atoms in total. The number of carbonyl (C=O) groups excluding carboxylic acids is 7. The first-order valence-corrected chi connectivity index (χ1v) is 14.4. The van der Waals surface area contributed by atoms with Crippen molar-refractivity contribution in [2.75, 3.05) is 52.9 Å². The van der Waals surface area contributed by atoms with Gasteiger partial charge in [0.2, 0.25) is 0 Å². The maximum atomic E-state index is 10.9. The van der Waals surface area contributed by atoms with E-state index in [-0.39, 0.29) is 51.6 Å². The highest BCUT2D eigenvalue weighted by molar-refractivity contribution is 5.87. The number of hydrogen-bond donors (Lipinski definition) is 0. The maximum Gasteiger partial charge on any atom is 0.508 e. The molecule has 0 radical (unpaired) electrons. The van der Waals surface area contributed by atoms with E-state index in [0.29, 0.717) is 24.4 Å². The molecule has 0 saturated carbocycles. The molecule has 0 aliphatic carbocycles. The molecule has 268 valence electrons. The molecule has 0 unspecified atom stereocenters. The van der Waals surface area contributed by atoms with Crippen LogP contribution in [0.25, 0.3) is 0 Å². The molecular weight excluding hydrogens is 636 g/mol. The van der Waals surface area contributed by atoms with Crippen LogP contribution in [0.1, 0.15) is 39.5 Å². The van der Waals surface area contributed by atoms with E-state index in [1.807, 2.05) is 0 Å². The second kappa shape index (κ2) is 32.9. The third-order valence-corrected chi connectivity index (χ3v) is 4.54. The molecule has 0 heterocycles. The van der Waals surface area contributed by atoms with Crippen LogP contribution in [0, 0.1) is 0 Å². The van der Waals surface area contributed by atoms with Crippen LogP contribution < -0.4 is 0 Å². The van der Waals surface area contributed by atoms with E-state index >= 15 is 0 Å². The fourth-order valence-corrected chi connectivity index (χ4v) is 2.23. The Hall–Kier alpha value is -5.47. The van der Waals surface area contributed by atoms with E-state index in [1.165, 1.54) is 0 Å². The highest BCUT2D eigenvalue weighted by Gasteiger charge is 2.06. The number of esters is 6. The zero-order chi connectivity index (χ0) is 37.2. The van der Waals surface area contributed by atoms with Gasteiger partial charge in [-0.15, -0.1) is 0 Å². The predicted octanol–water partition coefficient (Wildman–Crippen LogP) is 3.83. The van der Waals surface area contributed by atoms with Crippen LogP contribution in [0.2, 0.25) is 0 Å². The lowest BCUT2D eigenvalue weighted by atomic mass is 10.2. The summed E-state index contributed by atoms with van der Waals surface area (Å²) in [5, 5.41) is 0. The molecule has 0 aromatic carbocycles. The van der Waals surface area contributed by atoms with Gasteiger partial charge in [-0.2, -0.15) is 0 Å². The van der Waals surface area contributed by atoms with E-state index in [4.69, 9.17) is 9.47 Å². The van der Waals surface area contributed by atoms with Crippen LogP contribution in [-0.4, -0.2) is 94.8 Å². The molecule has 0 saturated heterocycles. The van der Waals surface area contributed by atoms with E-state index in [0.717, 1.165) is 50.0 Å². The summed E-state index contributed by atoms with van der Waals surface area (Å²) in [5.41, 5.74) is 0.632. The summed E-state index contributed by atoms with van der Waals surface area (Å²) in [6.07, 6.45) is 6.84. The molecule has 0 aromatic rings. The summed E-state index contributed by atoms with van der Waals surface area (Å²) >= 11 is 0. The third-order valence-electron chi connectivity index (χ3n) is 4.54. The fourth-order valence-electron chi connectivity index (χ4n) is 2.23. The van der Waals surface area contributed by atoms with Crippen molar-refractivity contribution in [1.82, 2.24) is 0 Å². The summed E-state index contributed by atoms with van der Waals surface area (Å²) in [6.45, 7) is 23.3. The van der Waals surface area contributed by atoms with Crippen molar-refractivity contribution in [3.8, 4) is 0 Å². The topological polar surface area (TPSA) is 193 Å². The minimum absolute atomic E-state index is 0.0325. The lowest BCUT2D eigenvalue weighted by Crippen LogP contribution is -2.16. The number of hydrogen-bond acceptors (Lipinski definition) is 15. The maximum absolute atomic E-state index is 10.9. The van der Waals surface area contributed by atoms with E-state index < -0.39 is 30.0 Å². The Labute approximate surface area is 280 Å².